The van der Waals surface area contributed by atoms with Crippen LogP contribution in [0, 0.1) is 0 Å². The molecule has 2 aliphatic rings. The van der Waals surface area contributed by atoms with Crippen LogP contribution in [-0.4, -0.2) is 30.4 Å². The number of amidine groups is 1. The summed E-state index contributed by atoms with van der Waals surface area (Å²) in [5.74, 6) is -0.0714. The van der Waals surface area contributed by atoms with E-state index in [0.29, 0.717) is 5.17 Å². The molecule has 1 amide bonds. The molecule has 0 radical (unpaired) electrons. The highest BCUT2D eigenvalue weighted by atomic mass is 79.9. The average Bonchev–Trinajstić information content (AvgIpc) is 3.05. The number of sulfonamides is 1. The Hall–Kier alpha value is -1.64. The van der Waals surface area contributed by atoms with Gasteiger partial charge >= 0.3 is 0 Å². The molecule has 152 valence electrons. The van der Waals surface area contributed by atoms with Crippen molar-refractivity contribution in [1.82, 2.24) is 4.90 Å². The Morgan fingerprint density at radius 2 is 1.62 bits per heavy atom. The van der Waals surface area contributed by atoms with Crippen LogP contribution in [0.1, 0.15) is 42.9 Å². The first-order valence-electron chi connectivity index (χ1n) is 9.61. The van der Waals surface area contributed by atoms with Crippen LogP contribution in [0.25, 0.3) is 0 Å². The number of carbonyl (C=O) groups is 1. The number of thioether (sulfide) groups is 1. The van der Waals surface area contributed by atoms with E-state index in [-0.39, 0.29) is 16.8 Å². The molecule has 1 saturated carbocycles. The molecule has 2 fully saturated rings. The molecule has 0 spiro atoms. The molecule has 1 saturated heterocycles. The van der Waals surface area contributed by atoms with Crippen molar-refractivity contribution in [3.8, 4) is 0 Å². The molecule has 0 unspecified atom stereocenters. The summed E-state index contributed by atoms with van der Waals surface area (Å²) < 4.78 is 30.8. The molecule has 2 aromatic rings. The van der Waals surface area contributed by atoms with Crippen LogP contribution < -0.4 is 0 Å². The second-order valence-electron chi connectivity index (χ2n) is 7.21. The van der Waals surface area contributed by atoms with Gasteiger partial charge in [-0.25, -0.2) is 0 Å². The van der Waals surface area contributed by atoms with Crippen LogP contribution in [-0.2, 0) is 14.8 Å². The number of hydrogen-bond donors (Lipinski definition) is 0. The number of hydrogen-bond acceptors (Lipinski definition) is 4. The highest BCUT2D eigenvalue weighted by Crippen LogP contribution is 2.43. The van der Waals surface area contributed by atoms with Crippen molar-refractivity contribution in [2.45, 2.75) is 48.3 Å². The van der Waals surface area contributed by atoms with Crippen molar-refractivity contribution >= 4 is 48.8 Å². The number of nitrogens with zero attached hydrogens (tertiary/aromatic N) is 2. The van der Waals surface area contributed by atoms with Gasteiger partial charge in [-0.3, -0.25) is 9.69 Å². The Kier molecular flexibility index (Phi) is 6.13. The molecule has 8 heteroatoms. The third kappa shape index (κ3) is 4.44. The Labute approximate surface area is 183 Å². The van der Waals surface area contributed by atoms with Gasteiger partial charge in [0, 0.05) is 10.5 Å². The van der Waals surface area contributed by atoms with Gasteiger partial charge in [-0.1, -0.05) is 77.3 Å². The first kappa shape index (κ1) is 20.6. The molecule has 1 heterocycles. The lowest BCUT2D eigenvalue weighted by Crippen LogP contribution is -2.41. The smallest absolute Gasteiger partial charge is 0.284 e. The van der Waals surface area contributed by atoms with Crippen molar-refractivity contribution in [2.75, 3.05) is 0 Å². The SMILES string of the molecule is O=C1[C@H](c2ccccc2)SC(=NS(=O)(=O)c2ccc(Br)cc2)N1C1CCCCC1. The van der Waals surface area contributed by atoms with E-state index in [2.05, 4.69) is 20.3 Å². The van der Waals surface area contributed by atoms with Crippen molar-refractivity contribution in [2.24, 2.45) is 4.40 Å². The van der Waals surface area contributed by atoms with Gasteiger partial charge in [0.1, 0.15) is 5.25 Å². The molecule has 29 heavy (non-hydrogen) atoms. The second kappa shape index (κ2) is 8.62. The summed E-state index contributed by atoms with van der Waals surface area (Å²) in [6.45, 7) is 0. The van der Waals surface area contributed by atoms with Crippen molar-refractivity contribution in [3.05, 3.63) is 64.6 Å². The third-order valence-electron chi connectivity index (χ3n) is 5.24. The molecule has 0 N–H and O–H groups in total. The minimum Gasteiger partial charge on any atom is -0.286 e. The number of benzene rings is 2. The van der Waals surface area contributed by atoms with Gasteiger partial charge in [-0.05, 0) is 42.7 Å². The fourth-order valence-corrected chi connectivity index (χ4v) is 6.46. The van der Waals surface area contributed by atoms with Crippen molar-refractivity contribution in [1.29, 1.82) is 0 Å². The minimum atomic E-state index is -3.91. The largest absolute Gasteiger partial charge is 0.286 e. The first-order valence-corrected chi connectivity index (χ1v) is 12.7. The van der Waals surface area contributed by atoms with E-state index in [1.165, 1.54) is 23.9 Å². The topological polar surface area (TPSA) is 66.8 Å². The van der Waals surface area contributed by atoms with E-state index in [0.717, 1.165) is 42.1 Å². The van der Waals surface area contributed by atoms with Gasteiger partial charge in [0.25, 0.3) is 10.0 Å². The lowest BCUT2D eigenvalue weighted by Gasteiger charge is -2.30. The van der Waals surface area contributed by atoms with E-state index >= 15 is 0 Å². The zero-order valence-corrected chi connectivity index (χ0v) is 18.9. The van der Waals surface area contributed by atoms with Gasteiger partial charge < -0.3 is 0 Å². The Morgan fingerprint density at radius 3 is 2.28 bits per heavy atom. The molecule has 1 atom stereocenters. The maximum atomic E-state index is 13.3. The number of amides is 1. The second-order valence-corrected chi connectivity index (χ2v) is 10.8. The van der Waals surface area contributed by atoms with Crippen LogP contribution in [0.3, 0.4) is 0 Å². The normalized spacial score (nSPS) is 22.4. The van der Waals surface area contributed by atoms with E-state index in [4.69, 9.17) is 0 Å². The highest BCUT2D eigenvalue weighted by Gasteiger charge is 2.43. The summed E-state index contributed by atoms with van der Waals surface area (Å²) in [7, 11) is -3.91. The summed E-state index contributed by atoms with van der Waals surface area (Å²) in [5, 5.41) is -0.171. The Bertz CT molecular complexity index is 1020. The summed E-state index contributed by atoms with van der Waals surface area (Å²) in [4.78, 5) is 15.1. The van der Waals surface area contributed by atoms with E-state index in [9.17, 15) is 13.2 Å². The minimum absolute atomic E-state index is 0.0105. The van der Waals surface area contributed by atoms with Crippen LogP contribution in [0.5, 0.6) is 0 Å². The van der Waals surface area contributed by atoms with E-state index in [1.807, 2.05) is 30.3 Å². The summed E-state index contributed by atoms with van der Waals surface area (Å²) in [6.07, 6.45) is 5.00. The van der Waals surface area contributed by atoms with Gasteiger partial charge in [0.05, 0.1) is 4.90 Å². The molecule has 0 bridgehead atoms. The summed E-state index contributed by atoms with van der Waals surface area (Å²) >= 11 is 4.55. The van der Waals surface area contributed by atoms with Gasteiger partial charge in [0.2, 0.25) is 5.91 Å². The lowest BCUT2D eigenvalue weighted by molar-refractivity contribution is -0.128. The zero-order valence-electron chi connectivity index (χ0n) is 15.7. The van der Waals surface area contributed by atoms with Crippen molar-refractivity contribution in [3.63, 3.8) is 0 Å². The molecule has 2 aromatic carbocycles. The number of carbonyl (C=O) groups excluding carboxylic acids is 1. The maximum Gasteiger partial charge on any atom is 0.284 e. The standard InChI is InChI=1S/C21H21BrN2O3S2/c22-16-11-13-18(14-12-16)29(26,27)23-21-24(17-9-5-2-6-10-17)20(25)19(28-21)15-7-3-1-4-8-15/h1,3-4,7-8,11-14,17,19H,2,5-6,9-10H2/t19-/m0/s1. The summed E-state index contributed by atoms with van der Waals surface area (Å²) in [6, 6.07) is 15.9. The number of halogens is 1. The fraction of sp³-hybridized carbons (Fsp3) is 0.333. The first-order chi connectivity index (χ1) is 14.0. The van der Waals surface area contributed by atoms with Gasteiger partial charge in [-0.2, -0.15) is 8.42 Å². The zero-order chi connectivity index (χ0) is 20.4. The number of rotatable bonds is 4. The van der Waals surface area contributed by atoms with Crippen LogP contribution >= 0.6 is 27.7 Å². The molecule has 5 nitrogen and oxygen atoms in total. The third-order valence-corrected chi connectivity index (χ3v) is 8.38. The van der Waals surface area contributed by atoms with E-state index in [1.54, 1.807) is 17.0 Å². The Morgan fingerprint density at radius 1 is 0.966 bits per heavy atom. The quantitative estimate of drug-likeness (QED) is 0.592. The fourth-order valence-electron chi connectivity index (χ4n) is 3.77. The molecule has 4 rings (SSSR count). The van der Waals surface area contributed by atoms with Gasteiger partial charge in [0.15, 0.2) is 5.17 Å². The predicted octanol–water partition coefficient (Wildman–Crippen LogP) is 5.14. The molecule has 0 aromatic heterocycles. The predicted molar refractivity (Wildman–Crippen MR) is 119 cm³/mol. The monoisotopic (exact) mass is 492 g/mol. The summed E-state index contributed by atoms with van der Waals surface area (Å²) in [5.41, 5.74) is 0.870. The van der Waals surface area contributed by atoms with Crippen LogP contribution in [0.2, 0.25) is 0 Å². The van der Waals surface area contributed by atoms with Crippen LogP contribution in [0.4, 0.5) is 0 Å². The van der Waals surface area contributed by atoms with Crippen LogP contribution in [0.15, 0.2) is 68.4 Å². The molecular weight excluding hydrogens is 472 g/mol. The maximum absolute atomic E-state index is 13.3. The van der Waals surface area contributed by atoms with Gasteiger partial charge in [-0.15, -0.1) is 4.40 Å². The Balaban J connectivity index is 1.72. The van der Waals surface area contributed by atoms with Crippen molar-refractivity contribution < 1.29 is 13.2 Å². The lowest BCUT2D eigenvalue weighted by atomic mass is 9.94. The average molecular weight is 493 g/mol. The highest BCUT2D eigenvalue weighted by molar-refractivity contribution is 9.10. The molecular formula is C21H21BrN2O3S2. The molecule has 1 aliphatic heterocycles. The van der Waals surface area contributed by atoms with E-state index < -0.39 is 15.3 Å². The molecule has 1 aliphatic carbocycles.